The highest BCUT2D eigenvalue weighted by atomic mass is 32.1. The van der Waals surface area contributed by atoms with Gasteiger partial charge in [-0.1, -0.05) is 0 Å². The van der Waals surface area contributed by atoms with Crippen LogP contribution in [0.25, 0.3) is 4.96 Å². The summed E-state index contributed by atoms with van der Waals surface area (Å²) in [6, 6.07) is 5.34. The van der Waals surface area contributed by atoms with Crippen LogP contribution in [0.4, 0.5) is 0 Å². The minimum Gasteiger partial charge on any atom is -0.497 e. The maximum absolute atomic E-state index is 12.4. The summed E-state index contributed by atoms with van der Waals surface area (Å²) in [5.74, 6) is 0.970. The molecule has 2 aromatic heterocycles. The van der Waals surface area contributed by atoms with Gasteiger partial charge in [0.2, 0.25) is 0 Å². The molecule has 1 N–H and O–H groups in total. The number of hydrogen-bond donors (Lipinski definition) is 1. The number of carbonyl (C=O) groups excluding carboxylic acids is 1. The fourth-order valence-corrected chi connectivity index (χ4v) is 3.07. The zero-order valence-corrected chi connectivity index (χ0v) is 14.3. The lowest BCUT2D eigenvalue weighted by Crippen LogP contribution is -2.20. The van der Waals surface area contributed by atoms with Crippen molar-refractivity contribution in [1.82, 2.24) is 14.8 Å². The van der Waals surface area contributed by atoms with Gasteiger partial charge in [-0.15, -0.1) is 11.3 Å². The van der Waals surface area contributed by atoms with Gasteiger partial charge in [0.15, 0.2) is 4.96 Å². The third-order valence-electron chi connectivity index (χ3n) is 3.46. The van der Waals surface area contributed by atoms with Gasteiger partial charge in [-0.2, -0.15) is 5.10 Å². The van der Waals surface area contributed by atoms with E-state index in [0.29, 0.717) is 22.9 Å². The van der Waals surface area contributed by atoms with E-state index < -0.39 is 0 Å². The molecular weight excluding hydrogens is 328 g/mol. The quantitative estimate of drug-likeness (QED) is 0.570. The number of nitrogens with one attached hydrogen (secondary N) is 1. The molecule has 7 nitrogen and oxygen atoms in total. The molecule has 0 saturated heterocycles. The Bertz CT molecular complexity index is 913. The van der Waals surface area contributed by atoms with E-state index in [1.165, 1.54) is 17.6 Å². The Labute approximate surface area is 142 Å². The zero-order valence-electron chi connectivity index (χ0n) is 13.4. The first-order valence-corrected chi connectivity index (χ1v) is 7.99. The number of ether oxygens (including phenoxy) is 2. The molecule has 0 bridgehead atoms. The van der Waals surface area contributed by atoms with Crippen LogP contribution in [0.15, 0.2) is 34.9 Å². The van der Waals surface area contributed by atoms with Gasteiger partial charge in [0.05, 0.1) is 26.1 Å². The van der Waals surface area contributed by atoms with Crippen molar-refractivity contribution in [1.29, 1.82) is 0 Å². The zero-order chi connectivity index (χ0) is 17.1. The van der Waals surface area contributed by atoms with E-state index in [4.69, 9.17) is 9.47 Å². The van der Waals surface area contributed by atoms with Crippen LogP contribution in [0.1, 0.15) is 21.7 Å². The van der Waals surface area contributed by atoms with E-state index in [2.05, 4.69) is 15.5 Å². The molecule has 1 aromatic carbocycles. The van der Waals surface area contributed by atoms with Crippen molar-refractivity contribution in [3.8, 4) is 11.5 Å². The molecule has 2 heterocycles. The number of hydrogen-bond acceptors (Lipinski definition) is 6. The van der Waals surface area contributed by atoms with Crippen molar-refractivity contribution >= 4 is 28.4 Å². The summed E-state index contributed by atoms with van der Waals surface area (Å²) in [5.41, 5.74) is 4.39. The van der Waals surface area contributed by atoms with Crippen molar-refractivity contribution in [3.63, 3.8) is 0 Å². The van der Waals surface area contributed by atoms with Gasteiger partial charge in [-0.3, -0.25) is 9.20 Å². The van der Waals surface area contributed by atoms with E-state index >= 15 is 0 Å². The predicted octanol–water partition coefficient (Wildman–Crippen LogP) is 2.49. The highest BCUT2D eigenvalue weighted by Crippen LogP contribution is 2.23. The Hall–Kier alpha value is -2.87. The normalized spacial score (nSPS) is 11.1. The van der Waals surface area contributed by atoms with Crippen molar-refractivity contribution in [3.05, 3.63) is 46.7 Å². The minimum absolute atomic E-state index is 0.317. The molecule has 0 unspecified atom stereocenters. The van der Waals surface area contributed by atoms with Gasteiger partial charge in [0, 0.05) is 23.2 Å². The van der Waals surface area contributed by atoms with Crippen LogP contribution in [0.2, 0.25) is 0 Å². The second-order valence-electron chi connectivity index (χ2n) is 4.91. The number of thiazole rings is 1. The highest BCUT2D eigenvalue weighted by Gasteiger charge is 2.16. The van der Waals surface area contributed by atoms with Crippen LogP contribution in [0, 0.1) is 6.92 Å². The van der Waals surface area contributed by atoms with Gasteiger partial charge in [0.1, 0.15) is 17.2 Å². The molecule has 8 heteroatoms. The molecule has 0 saturated carbocycles. The SMILES string of the molecule is COc1ccc(/C=N/NC(=O)c2c(C)nc3sccn23)c(OC)c1. The molecule has 0 spiro atoms. The monoisotopic (exact) mass is 344 g/mol. The molecule has 1 amide bonds. The molecular formula is C16H16N4O3S. The van der Waals surface area contributed by atoms with Crippen LogP contribution >= 0.6 is 11.3 Å². The van der Waals surface area contributed by atoms with Crippen LogP contribution in [0.3, 0.4) is 0 Å². The number of benzene rings is 1. The van der Waals surface area contributed by atoms with Crippen molar-refractivity contribution in [2.75, 3.05) is 14.2 Å². The first-order chi connectivity index (χ1) is 11.6. The molecule has 0 radical (unpaired) electrons. The number of methoxy groups -OCH3 is 2. The molecule has 3 rings (SSSR count). The summed E-state index contributed by atoms with van der Waals surface area (Å²) in [6.45, 7) is 1.80. The topological polar surface area (TPSA) is 77.2 Å². The number of aryl methyl sites for hydroxylation is 1. The van der Waals surface area contributed by atoms with Crippen LogP contribution in [-0.2, 0) is 0 Å². The largest absolute Gasteiger partial charge is 0.497 e. The summed E-state index contributed by atoms with van der Waals surface area (Å²) >= 11 is 1.47. The van der Waals surface area contributed by atoms with E-state index in [9.17, 15) is 4.79 Å². The first kappa shape index (κ1) is 16.0. The Morgan fingerprint density at radius 1 is 1.38 bits per heavy atom. The Morgan fingerprint density at radius 3 is 2.96 bits per heavy atom. The predicted molar refractivity (Wildman–Crippen MR) is 92.4 cm³/mol. The number of fused-ring (bicyclic) bond motifs is 1. The summed E-state index contributed by atoms with van der Waals surface area (Å²) in [4.78, 5) is 17.5. The van der Waals surface area contributed by atoms with Crippen LogP contribution < -0.4 is 14.9 Å². The molecule has 24 heavy (non-hydrogen) atoms. The average molecular weight is 344 g/mol. The molecule has 124 valence electrons. The second kappa shape index (κ2) is 6.71. The fraction of sp³-hybridized carbons (Fsp3) is 0.188. The van der Waals surface area contributed by atoms with Gasteiger partial charge in [-0.25, -0.2) is 10.4 Å². The lowest BCUT2D eigenvalue weighted by atomic mass is 10.2. The van der Waals surface area contributed by atoms with Crippen LogP contribution in [-0.4, -0.2) is 35.7 Å². The Balaban J connectivity index is 1.78. The van der Waals surface area contributed by atoms with Crippen molar-refractivity contribution < 1.29 is 14.3 Å². The average Bonchev–Trinajstić information content (AvgIpc) is 3.14. The van der Waals surface area contributed by atoms with Gasteiger partial charge < -0.3 is 9.47 Å². The highest BCUT2D eigenvalue weighted by molar-refractivity contribution is 7.15. The van der Waals surface area contributed by atoms with E-state index in [0.717, 1.165) is 10.5 Å². The Morgan fingerprint density at radius 2 is 2.21 bits per heavy atom. The molecule has 0 fully saturated rings. The molecule has 0 aliphatic heterocycles. The van der Waals surface area contributed by atoms with Crippen molar-refractivity contribution in [2.24, 2.45) is 5.10 Å². The third-order valence-corrected chi connectivity index (χ3v) is 4.22. The van der Waals surface area contributed by atoms with Crippen LogP contribution in [0.5, 0.6) is 11.5 Å². The molecule has 3 aromatic rings. The number of hydrazone groups is 1. The van der Waals surface area contributed by atoms with E-state index in [1.54, 1.807) is 43.7 Å². The molecule has 0 atom stereocenters. The van der Waals surface area contributed by atoms with Crippen molar-refractivity contribution in [2.45, 2.75) is 6.92 Å². The first-order valence-electron chi connectivity index (χ1n) is 7.11. The number of aromatic nitrogens is 2. The number of carbonyl (C=O) groups is 1. The molecule has 0 aliphatic carbocycles. The molecule has 0 aliphatic rings. The second-order valence-corrected chi connectivity index (χ2v) is 5.78. The van der Waals surface area contributed by atoms with E-state index in [-0.39, 0.29) is 5.91 Å². The number of rotatable bonds is 5. The summed E-state index contributed by atoms with van der Waals surface area (Å²) in [7, 11) is 3.15. The van der Waals surface area contributed by atoms with E-state index in [1.807, 2.05) is 11.6 Å². The van der Waals surface area contributed by atoms with Gasteiger partial charge in [-0.05, 0) is 19.1 Å². The summed E-state index contributed by atoms with van der Waals surface area (Å²) in [6.07, 6.45) is 3.34. The standard InChI is InChI=1S/C16H16N4O3S/c1-10-14(20-6-7-24-16(20)18-10)15(21)19-17-9-11-4-5-12(22-2)8-13(11)23-3/h4-9H,1-3H3,(H,19,21)/b17-9+. The lowest BCUT2D eigenvalue weighted by Gasteiger charge is -2.07. The van der Waals surface area contributed by atoms with Gasteiger partial charge in [0.25, 0.3) is 5.91 Å². The minimum atomic E-state index is -0.317. The van der Waals surface area contributed by atoms with Gasteiger partial charge >= 0.3 is 0 Å². The number of amides is 1. The summed E-state index contributed by atoms with van der Waals surface area (Å²) in [5, 5.41) is 5.89. The smallest absolute Gasteiger partial charge is 0.290 e. The Kier molecular flexibility index (Phi) is 4.48. The maximum Gasteiger partial charge on any atom is 0.290 e. The lowest BCUT2D eigenvalue weighted by molar-refractivity contribution is 0.0948. The third kappa shape index (κ3) is 2.95. The number of nitrogens with zero attached hydrogens (tertiary/aromatic N) is 3. The number of imidazole rings is 1. The summed E-state index contributed by atoms with van der Waals surface area (Å²) < 4.78 is 12.2. The maximum atomic E-state index is 12.4. The fourth-order valence-electron chi connectivity index (χ4n) is 2.31.